The second kappa shape index (κ2) is 15.0. The first-order valence-electron chi connectivity index (χ1n) is 15.9. The number of aliphatic hydroxyl groups excluding tert-OH is 6. The van der Waals surface area contributed by atoms with Gasteiger partial charge >= 0.3 is 0 Å². The molecule has 6 rings (SSSR count). The average Bonchev–Trinajstić information content (AvgIpc) is 3.72. The Morgan fingerprint density at radius 1 is 0.708 bits per heavy atom. The van der Waals surface area contributed by atoms with Gasteiger partial charge in [-0.3, -0.25) is 0 Å². The fourth-order valence-corrected chi connectivity index (χ4v) is 6.78. The Morgan fingerprint density at radius 3 is 2.06 bits per heavy atom. The summed E-state index contributed by atoms with van der Waals surface area (Å²) in [6, 6.07) is -0.747. The Balaban J connectivity index is 1.14. The van der Waals surface area contributed by atoms with Crippen molar-refractivity contribution in [1.82, 2.24) is 0 Å². The number of hydrogen-bond acceptors (Lipinski definition) is 20. The van der Waals surface area contributed by atoms with E-state index in [-0.39, 0.29) is 19.6 Å². The molecule has 0 spiro atoms. The summed E-state index contributed by atoms with van der Waals surface area (Å²) in [5, 5.41) is 64.1. The first-order valence-corrected chi connectivity index (χ1v) is 15.9. The van der Waals surface area contributed by atoms with Gasteiger partial charge in [-0.2, -0.15) is 0 Å². The van der Waals surface area contributed by atoms with E-state index in [0.29, 0.717) is 5.76 Å². The smallest absolute Gasteiger partial charge is 0.217 e. The maximum Gasteiger partial charge on any atom is 0.217 e. The van der Waals surface area contributed by atoms with Crippen LogP contribution in [0.25, 0.3) is 0 Å². The number of aliphatic hydroxyl groups is 6. The fourth-order valence-electron chi connectivity index (χ4n) is 6.78. The molecule has 1 aliphatic carbocycles. The van der Waals surface area contributed by atoms with Crippen molar-refractivity contribution in [3.05, 3.63) is 24.2 Å². The molecule has 16 N–H and O–H groups in total. The zero-order chi connectivity index (χ0) is 34.4. The first kappa shape index (κ1) is 36.3. The molecule has 5 fully saturated rings. The highest BCUT2D eigenvalue weighted by Gasteiger charge is 2.55. The maximum atomic E-state index is 11.2. The third-order valence-electron chi connectivity index (χ3n) is 9.58. The van der Waals surface area contributed by atoms with Gasteiger partial charge in [0.1, 0.15) is 67.1 Å². The minimum absolute atomic E-state index is 0.00620. The number of nitrogens with two attached hydrogens (primary N) is 5. The summed E-state index contributed by atoms with van der Waals surface area (Å²) in [7, 11) is 0. The van der Waals surface area contributed by atoms with Crippen LogP contribution in [0.5, 0.6) is 0 Å². The monoisotopic (exact) mass is 693 g/mol. The molecule has 274 valence electrons. The van der Waals surface area contributed by atoms with Crippen molar-refractivity contribution in [3.63, 3.8) is 0 Å². The molecule has 4 saturated heterocycles. The zero-order valence-corrected chi connectivity index (χ0v) is 25.9. The highest BCUT2D eigenvalue weighted by Crippen LogP contribution is 2.37. The van der Waals surface area contributed by atoms with E-state index in [0.717, 1.165) is 0 Å². The number of fused-ring (bicyclic) bond motifs is 1. The van der Waals surface area contributed by atoms with E-state index < -0.39 is 129 Å². The number of ether oxygens (including phenoxy) is 8. The maximum absolute atomic E-state index is 11.2. The van der Waals surface area contributed by atoms with Gasteiger partial charge in [-0.25, -0.2) is 0 Å². The molecule has 48 heavy (non-hydrogen) atoms. The van der Waals surface area contributed by atoms with Crippen LogP contribution in [0.3, 0.4) is 0 Å². The van der Waals surface area contributed by atoms with Crippen LogP contribution in [-0.2, 0) is 37.9 Å². The molecule has 1 saturated carbocycles. The summed E-state index contributed by atoms with van der Waals surface area (Å²) in [6.07, 6.45) is -18.2. The molecule has 0 bridgehead atoms. The quantitative estimate of drug-likeness (QED) is 0.114. The molecular formula is C28H47N5O15. The van der Waals surface area contributed by atoms with Crippen LogP contribution >= 0.6 is 0 Å². The van der Waals surface area contributed by atoms with Crippen LogP contribution in [-0.4, -0.2) is 167 Å². The van der Waals surface area contributed by atoms with E-state index in [2.05, 4.69) is 0 Å². The lowest BCUT2D eigenvalue weighted by molar-refractivity contribution is -0.357. The Kier molecular flexibility index (Phi) is 11.4. The minimum Gasteiger partial charge on any atom is -0.464 e. The molecule has 0 amide bonds. The van der Waals surface area contributed by atoms with Crippen LogP contribution < -0.4 is 28.7 Å². The first-order chi connectivity index (χ1) is 22.9. The van der Waals surface area contributed by atoms with Gasteiger partial charge in [0, 0.05) is 18.6 Å². The summed E-state index contributed by atoms with van der Waals surface area (Å²) in [6.45, 7) is -0.799. The summed E-state index contributed by atoms with van der Waals surface area (Å²) in [4.78, 5) is 0. The van der Waals surface area contributed by atoms with Crippen molar-refractivity contribution < 1.29 is 73.0 Å². The van der Waals surface area contributed by atoms with Gasteiger partial charge in [-0.1, -0.05) is 0 Å². The molecule has 20 nitrogen and oxygen atoms in total. The average molecular weight is 694 g/mol. The van der Waals surface area contributed by atoms with Crippen molar-refractivity contribution in [3.8, 4) is 0 Å². The van der Waals surface area contributed by atoms with Gasteiger partial charge < -0.3 is 102 Å². The van der Waals surface area contributed by atoms with Crippen LogP contribution in [0.1, 0.15) is 18.5 Å². The van der Waals surface area contributed by atoms with Crippen molar-refractivity contribution in [2.45, 2.75) is 129 Å². The van der Waals surface area contributed by atoms with Gasteiger partial charge in [0.15, 0.2) is 24.6 Å². The fraction of sp³-hybridized carbons (Fsp3) is 0.857. The molecular weight excluding hydrogens is 646 g/mol. The number of rotatable bonds is 9. The lowest BCUT2D eigenvalue weighted by atomic mass is 9.84. The normalized spacial score (nSPS) is 51.5. The highest BCUT2D eigenvalue weighted by atomic mass is 16.8. The second-order valence-electron chi connectivity index (χ2n) is 12.8. The van der Waals surface area contributed by atoms with E-state index in [1.807, 2.05) is 0 Å². The largest absolute Gasteiger partial charge is 0.464 e. The molecule has 20 atom stereocenters. The van der Waals surface area contributed by atoms with Gasteiger partial charge in [0.2, 0.25) is 6.29 Å². The van der Waals surface area contributed by atoms with E-state index in [9.17, 15) is 30.6 Å². The van der Waals surface area contributed by atoms with Crippen LogP contribution in [0.15, 0.2) is 22.8 Å². The van der Waals surface area contributed by atoms with Crippen molar-refractivity contribution in [2.24, 2.45) is 28.7 Å². The number of furan rings is 1. The van der Waals surface area contributed by atoms with E-state index in [4.69, 9.17) is 71.0 Å². The SMILES string of the molecule is NC[C@H]1O[C@@H](O[C@H]2[C@@H](O)[C@H](O[C@H]3[C@H](O)[C@@H](N)C[C@@H](N)[C@@H]3O[C@H]3O[C@@H]4CO[C@@H](c5ccco5)O[C@H]4[C@H](O)[C@H]3N)O[C@@H]2CO)[C@@H](N)[C@H](O)[C@H]1O. The van der Waals surface area contributed by atoms with Crippen molar-refractivity contribution >= 4 is 0 Å². The summed E-state index contributed by atoms with van der Waals surface area (Å²) >= 11 is 0. The van der Waals surface area contributed by atoms with Crippen LogP contribution in [0.4, 0.5) is 0 Å². The highest BCUT2D eigenvalue weighted by molar-refractivity contribution is 5.05. The van der Waals surface area contributed by atoms with Crippen molar-refractivity contribution in [2.75, 3.05) is 19.8 Å². The van der Waals surface area contributed by atoms with E-state index >= 15 is 0 Å². The standard InChI is InChI=1S/C28H47N5O15/c29-5-11-17(36)18(37)14(32)26(42-11)47-22-12(6-34)43-28(20(22)39)48-24-16(35)8(30)4-9(31)21(24)45-27-15(33)19(38)23-13(44-27)7-41-25(46-23)10-2-1-3-40-10/h1-3,8-9,11-28,34-39H,4-7,29-33H2/t8-,9+,11+,12+,13+,14-,15+,16+,17-,18-,19+,20+,21-,22+,23+,24-,25+,26-,27+,28-/m0/s1. The third kappa shape index (κ3) is 6.90. The van der Waals surface area contributed by atoms with Gasteiger partial charge in [0.05, 0.1) is 37.7 Å². The molecule has 4 aliphatic heterocycles. The Labute approximate surface area is 274 Å². The van der Waals surface area contributed by atoms with Crippen LogP contribution in [0.2, 0.25) is 0 Å². The minimum atomic E-state index is -1.60. The van der Waals surface area contributed by atoms with Crippen LogP contribution in [0, 0.1) is 0 Å². The van der Waals surface area contributed by atoms with E-state index in [1.54, 1.807) is 12.1 Å². The molecule has 5 aliphatic rings. The summed E-state index contributed by atoms with van der Waals surface area (Å²) < 4.78 is 52.5. The topological polar surface area (TPSA) is 338 Å². The molecule has 1 aromatic rings. The molecule has 20 heteroatoms. The Bertz CT molecular complexity index is 1170. The molecule has 0 radical (unpaired) electrons. The molecule has 1 aromatic heterocycles. The predicted molar refractivity (Wildman–Crippen MR) is 156 cm³/mol. The Hall–Kier alpha value is -1.48. The second-order valence-corrected chi connectivity index (χ2v) is 12.8. The Morgan fingerprint density at radius 2 is 1.38 bits per heavy atom. The van der Waals surface area contributed by atoms with Gasteiger partial charge in [0.25, 0.3) is 0 Å². The number of hydrogen-bond donors (Lipinski definition) is 11. The molecule has 5 heterocycles. The zero-order valence-electron chi connectivity index (χ0n) is 25.9. The lowest BCUT2D eigenvalue weighted by Crippen LogP contribution is -2.69. The molecule has 0 aromatic carbocycles. The summed E-state index contributed by atoms with van der Waals surface area (Å²) in [5.74, 6) is 0.406. The third-order valence-corrected chi connectivity index (χ3v) is 9.58. The van der Waals surface area contributed by atoms with Gasteiger partial charge in [-0.15, -0.1) is 0 Å². The summed E-state index contributed by atoms with van der Waals surface area (Å²) in [5.41, 5.74) is 30.6. The molecule has 0 unspecified atom stereocenters. The van der Waals surface area contributed by atoms with E-state index in [1.165, 1.54) is 6.26 Å². The van der Waals surface area contributed by atoms with Gasteiger partial charge in [-0.05, 0) is 18.6 Å². The predicted octanol–water partition coefficient (Wildman–Crippen LogP) is -6.51. The lowest BCUT2D eigenvalue weighted by Gasteiger charge is -2.49. The van der Waals surface area contributed by atoms with Crippen molar-refractivity contribution in [1.29, 1.82) is 0 Å².